The van der Waals surface area contributed by atoms with Gasteiger partial charge in [0.15, 0.2) is 5.69 Å². The Morgan fingerprint density at radius 2 is 1.97 bits per heavy atom. The second-order valence-corrected chi connectivity index (χ2v) is 6.27. The standard InChI is InChI=1S/C10H7FN2O2.C10H13FN2O/c11-7-1-3-8(4-2-7)13-6-5-9(12-13)10(14)15;11-8-5-7(1-2-9(8)12)10-6-13-3-4-14-10/h1-6H,(H,14,15);1-2,5,10,13H,3-4,6,12H2/t;10-/m.1/s1. The number of carboxylic acids is 1. The van der Waals surface area contributed by atoms with E-state index in [1.165, 1.54) is 47.3 Å². The lowest BCUT2D eigenvalue weighted by Crippen LogP contribution is -2.33. The zero-order valence-electron chi connectivity index (χ0n) is 15.4. The molecule has 152 valence electrons. The lowest BCUT2D eigenvalue weighted by Gasteiger charge is -2.24. The van der Waals surface area contributed by atoms with Gasteiger partial charge in [-0.15, -0.1) is 0 Å². The number of halogens is 2. The first-order valence-electron chi connectivity index (χ1n) is 8.86. The Kier molecular flexibility index (Phi) is 6.53. The van der Waals surface area contributed by atoms with Crippen LogP contribution in [-0.2, 0) is 4.74 Å². The molecular formula is C20H20F2N4O3. The predicted molar refractivity (Wildman–Crippen MR) is 103 cm³/mol. The minimum absolute atomic E-state index is 0.0423. The van der Waals surface area contributed by atoms with Gasteiger partial charge in [0.25, 0.3) is 0 Å². The lowest BCUT2D eigenvalue weighted by atomic mass is 10.1. The molecule has 0 bridgehead atoms. The molecule has 0 radical (unpaired) electrons. The van der Waals surface area contributed by atoms with Crippen molar-refractivity contribution >= 4 is 11.7 Å². The van der Waals surface area contributed by atoms with Crippen LogP contribution in [0.1, 0.15) is 22.2 Å². The van der Waals surface area contributed by atoms with E-state index in [1.807, 2.05) is 0 Å². The van der Waals surface area contributed by atoms with Gasteiger partial charge in [0.05, 0.1) is 24.1 Å². The van der Waals surface area contributed by atoms with Crippen molar-refractivity contribution in [3.8, 4) is 5.69 Å². The van der Waals surface area contributed by atoms with E-state index in [-0.39, 0.29) is 29.1 Å². The zero-order chi connectivity index (χ0) is 20.8. The maximum atomic E-state index is 13.1. The van der Waals surface area contributed by atoms with Crippen LogP contribution in [0.4, 0.5) is 14.5 Å². The maximum Gasteiger partial charge on any atom is 0.356 e. The number of benzene rings is 2. The summed E-state index contributed by atoms with van der Waals surface area (Å²) in [5.41, 5.74) is 6.97. The minimum atomic E-state index is -1.09. The first-order valence-corrected chi connectivity index (χ1v) is 8.86. The second-order valence-electron chi connectivity index (χ2n) is 6.27. The fourth-order valence-corrected chi connectivity index (χ4v) is 2.70. The van der Waals surface area contributed by atoms with Crippen molar-refractivity contribution in [2.45, 2.75) is 6.10 Å². The summed E-state index contributed by atoms with van der Waals surface area (Å²) in [4.78, 5) is 10.6. The summed E-state index contributed by atoms with van der Waals surface area (Å²) < 4.78 is 32.6. The van der Waals surface area contributed by atoms with E-state index in [4.69, 9.17) is 15.6 Å². The number of rotatable bonds is 3. The van der Waals surface area contributed by atoms with Gasteiger partial charge in [0.1, 0.15) is 11.6 Å². The maximum absolute atomic E-state index is 13.1. The SMILES string of the molecule is Nc1ccc([C@H]2CNCCO2)cc1F.O=C(O)c1ccn(-c2ccc(F)cc2)n1. The average Bonchev–Trinajstić information content (AvgIpc) is 3.22. The van der Waals surface area contributed by atoms with Crippen LogP contribution in [0, 0.1) is 11.6 Å². The molecule has 0 aliphatic carbocycles. The molecule has 2 heterocycles. The van der Waals surface area contributed by atoms with Crippen molar-refractivity contribution in [2.75, 3.05) is 25.4 Å². The van der Waals surface area contributed by atoms with Gasteiger partial charge in [-0.05, 0) is 48.0 Å². The van der Waals surface area contributed by atoms with Crippen molar-refractivity contribution < 1.29 is 23.4 Å². The van der Waals surface area contributed by atoms with E-state index in [0.717, 1.165) is 18.7 Å². The van der Waals surface area contributed by atoms with Crippen LogP contribution in [0.15, 0.2) is 54.7 Å². The number of nitrogens with zero attached hydrogens (tertiary/aromatic N) is 2. The first kappa shape index (κ1) is 20.4. The van der Waals surface area contributed by atoms with Crippen molar-refractivity contribution in [1.29, 1.82) is 0 Å². The van der Waals surface area contributed by atoms with Gasteiger partial charge in [-0.2, -0.15) is 5.10 Å². The number of aromatic carboxylic acids is 1. The van der Waals surface area contributed by atoms with Crippen molar-refractivity contribution in [2.24, 2.45) is 0 Å². The van der Waals surface area contributed by atoms with Gasteiger partial charge in [-0.25, -0.2) is 18.3 Å². The van der Waals surface area contributed by atoms with Gasteiger partial charge in [0, 0.05) is 19.3 Å². The molecule has 9 heteroatoms. The normalized spacial score (nSPS) is 16.0. The Labute approximate surface area is 165 Å². The van der Waals surface area contributed by atoms with E-state index >= 15 is 0 Å². The van der Waals surface area contributed by atoms with Crippen LogP contribution in [0.2, 0.25) is 0 Å². The number of nitrogens with one attached hydrogen (secondary N) is 1. The molecule has 0 unspecified atom stereocenters. The number of ether oxygens (including phenoxy) is 1. The van der Waals surface area contributed by atoms with Gasteiger partial charge in [0.2, 0.25) is 0 Å². The summed E-state index contributed by atoms with van der Waals surface area (Å²) in [6.07, 6.45) is 1.45. The first-order chi connectivity index (χ1) is 13.9. The molecule has 1 atom stereocenters. The summed E-state index contributed by atoms with van der Waals surface area (Å²) in [5, 5.41) is 15.6. The number of anilines is 1. The molecule has 1 saturated heterocycles. The van der Waals surface area contributed by atoms with Crippen LogP contribution in [-0.4, -0.2) is 40.6 Å². The van der Waals surface area contributed by atoms with E-state index < -0.39 is 5.97 Å². The van der Waals surface area contributed by atoms with E-state index in [0.29, 0.717) is 12.3 Å². The molecule has 3 aromatic rings. The largest absolute Gasteiger partial charge is 0.476 e. The lowest BCUT2D eigenvalue weighted by molar-refractivity contribution is 0.0275. The Bertz CT molecular complexity index is 970. The van der Waals surface area contributed by atoms with Crippen LogP contribution >= 0.6 is 0 Å². The van der Waals surface area contributed by atoms with E-state index in [9.17, 15) is 13.6 Å². The third kappa shape index (κ3) is 5.37. The Balaban J connectivity index is 0.000000166. The van der Waals surface area contributed by atoms with Gasteiger partial charge in [-0.1, -0.05) is 6.07 Å². The van der Waals surface area contributed by atoms with Crippen LogP contribution < -0.4 is 11.1 Å². The summed E-state index contributed by atoms with van der Waals surface area (Å²) >= 11 is 0. The Morgan fingerprint density at radius 1 is 1.21 bits per heavy atom. The fraction of sp³-hybridized carbons (Fsp3) is 0.200. The molecule has 1 aliphatic rings. The van der Waals surface area contributed by atoms with Gasteiger partial charge >= 0.3 is 5.97 Å². The van der Waals surface area contributed by atoms with E-state index in [2.05, 4.69) is 10.4 Å². The molecule has 4 N–H and O–H groups in total. The minimum Gasteiger partial charge on any atom is -0.476 e. The highest BCUT2D eigenvalue weighted by Gasteiger charge is 2.16. The molecule has 0 saturated carbocycles. The fourth-order valence-electron chi connectivity index (χ4n) is 2.70. The number of aromatic nitrogens is 2. The molecule has 0 spiro atoms. The molecule has 2 aromatic carbocycles. The second kappa shape index (κ2) is 9.26. The van der Waals surface area contributed by atoms with Crippen LogP contribution in [0.5, 0.6) is 0 Å². The number of nitrogen functional groups attached to an aromatic ring is 1. The van der Waals surface area contributed by atoms with Crippen LogP contribution in [0.3, 0.4) is 0 Å². The number of carbonyl (C=O) groups is 1. The summed E-state index contributed by atoms with van der Waals surface area (Å²) in [5.74, 6) is -1.81. The third-order valence-corrected chi connectivity index (χ3v) is 4.22. The molecular weight excluding hydrogens is 382 g/mol. The predicted octanol–water partition coefficient (Wildman–Crippen LogP) is 2.78. The Hall–Kier alpha value is -3.30. The highest BCUT2D eigenvalue weighted by atomic mass is 19.1. The average molecular weight is 402 g/mol. The molecule has 29 heavy (non-hydrogen) atoms. The quantitative estimate of drug-likeness (QED) is 0.583. The van der Waals surface area contributed by atoms with Crippen LogP contribution in [0.25, 0.3) is 5.69 Å². The smallest absolute Gasteiger partial charge is 0.356 e. The molecule has 4 rings (SSSR count). The van der Waals surface area contributed by atoms with Crippen molar-refractivity contribution in [1.82, 2.24) is 15.1 Å². The highest BCUT2D eigenvalue weighted by molar-refractivity contribution is 5.85. The molecule has 0 amide bonds. The monoisotopic (exact) mass is 402 g/mol. The number of hydrogen-bond acceptors (Lipinski definition) is 5. The number of nitrogens with two attached hydrogens (primary N) is 1. The summed E-state index contributed by atoms with van der Waals surface area (Å²) in [6, 6.07) is 11.8. The number of morpholine rings is 1. The summed E-state index contributed by atoms with van der Waals surface area (Å²) in [6.45, 7) is 2.24. The molecule has 1 fully saturated rings. The van der Waals surface area contributed by atoms with Crippen molar-refractivity contribution in [3.63, 3.8) is 0 Å². The zero-order valence-corrected chi connectivity index (χ0v) is 15.4. The Morgan fingerprint density at radius 3 is 2.55 bits per heavy atom. The topological polar surface area (TPSA) is 102 Å². The highest BCUT2D eigenvalue weighted by Crippen LogP contribution is 2.21. The molecule has 1 aliphatic heterocycles. The molecule has 1 aromatic heterocycles. The summed E-state index contributed by atoms with van der Waals surface area (Å²) in [7, 11) is 0. The van der Waals surface area contributed by atoms with Gasteiger partial charge < -0.3 is 20.9 Å². The van der Waals surface area contributed by atoms with E-state index in [1.54, 1.807) is 12.1 Å². The number of hydrogen-bond donors (Lipinski definition) is 3. The van der Waals surface area contributed by atoms with Crippen molar-refractivity contribution in [3.05, 3.63) is 77.6 Å². The number of carboxylic acid groups (broad SMARTS) is 1. The molecule has 7 nitrogen and oxygen atoms in total. The third-order valence-electron chi connectivity index (χ3n) is 4.22. The van der Waals surface area contributed by atoms with Gasteiger partial charge in [-0.3, -0.25) is 0 Å².